The van der Waals surface area contributed by atoms with Gasteiger partial charge in [0.05, 0.1) is 0 Å². The summed E-state index contributed by atoms with van der Waals surface area (Å²) in [6.45, 7) is 5.55. The van der Waals surface area contributed by atoms with Gasteiger partial charge in [-0.2, -0.15) is 0 Å². The SMILES string of the molecule is CC1CCN(C(=O)C2CCCN2c2nnc(N3CCCC3=O)s2)CC1. The quantitative estimate of drug-likeness (QED) is 0.820. The minimum absolute atomic E-state index is 0.122. The fourth-order valence-electron chi connectivity index (χ4n) is 3.98. The van der Waals surface area contributed by atoms with Crippen LogP contribution in [0.4, 0.5) is 10.3 Å². The number of hydrogen-bond acceptors (Lipinski definition) is 6. The molecule has 4 heterocycles. The third kappa shape index (κ3) is 3.23. The standard InChI is InChI=1S/C17H25N5O2S/c1-12-6-10-20(11-7-12)15(24)13-4-2-8-21(13)16-18-19-17(25-16)22-9-3-5-14(22)23/h12-13H,2-11H2,1H3. The lowest BCUT2D eigenvalue weighted by atomic mass is 9.98. The van der Waals surface area contributed by atoms with E-state index in [1.807, 2.05) is 4.90 Å². The Morgan fingerprint density at radius 2 is 1.80 bits per heavy atom. The molecule has 0 aliphatic carbocycles. The van der Waals surface area contributed by atoms with Gasteiger partial charge in [-0.15, -0.1) is 10.2 Å². The number of hydrogen-bond donors (Lipinski definition) is 0. The van der Waals surface area contributed by atoms with Crippen molar-refractivity contribution in [1.82, 2.24) is 15.1 Å². The second kappa shape index (κ2) is 6.90. The summed E-state index contributed by atoms with van der Waals surface area (Å²) >= 11 is 1.44. The molecule has 0 bridgehead atoms. The smallest absolute Gasteiger partial charge is 0.245 e. The van der Waals surface area contributed by atoms with Gasteiger partial charge in [0.2, 0.25) is 22.1 Å². The molecule has 3 aliphatic heterocycles. The predicted octanol–water partition coefficient (Wildman–Crippen LogP) is 1.89. The molecule has 4 rings (SSSR count). The molecular weight excluding hydrogens is 338 g/mol. The molecule has 3 fully saturated rings. The van der Waals surface area contributed by atoms with Crippen LogP contribution in [-0.4, -0.2) is 59.1 Å². The van der Waals surface area contributed by atoms with Crippen LogP contribution in [0.25, 0.3) is 0 Å². The van der Waals surface area contributed by atoms with Gasteiger partial charge < -0.3 is 9.80 Å². The molecule has 0 radical (unpaired) electrons. The first kappa shape index (κ1) is 16.8. The van der Waals surface area contributed by atoms with Gasteiger partial charge in [-0.1, -0.05) is 18.3 Å². The Morgan fingerprint density at radius 3 is 2.52 bits per heavy atom. The van der Waals surface area contributed by atoms with Gasteiger partial charge in [0.1, 0.15) is 6.04 Å². The highest BCUT2D eigenvalue weighted by atomic mass is 32.1. The number of piperidine rings is 1. The molecule has 0 saturated carbocycles. The minimum Gasteiger partial charge on any atom is -0.341 e. The summed E-state index contributed by atoms with van der Waals surface area (Å²) in [5, 5.41) is 9.96. The number of amides is 2. The number of aromatic nitrogens is 2. The highest BCUT2D eigenvalue weighted by Gasteiger charge is 2.37. The zero-order valence-electron chi connectivity index (χ0n) is 14.7. The van der Waals surface area contributed by atoms with Gasteiger partial charge in [-0.25, -0.2) is 0 Å². The van der Waals surface area contributed by atoms with Crippen molar-refractivity contribution in [3.63, 3.8) is 0 Å². The fourth-order valence-corrected chi connectivity index (χ4v) is 4.94. The van der Waals surface area contributed by atoms with Crippen molar-refractivity contribution >= 4 is 33.4 Å². The molecule has 1 aromatic heterocycles. The molecule has 3 aliphatic rings. The lowest BCUT2D eigenvalue weighted by molar-refractivity contribution is -0.133. The van der Waals surface area contributed by atoms with E-state index in [2.05, 4.69) is 22.0 Å². The molecule has 25 heavy (non-hydrogen) atoms. The van der Waals surface area contributed by atoms with Crippen LogP contribution in [0.2, 0.25) is 0 Å². The van der Waals surface area contributed by atoms with Gasteiger partial charge in [0.25, 0.3) is 0 Å². The highest BCUT2D eigenvalue weighted by Crippen LogP contribution is 2.34. The van der Waals surface area contributed by atoms with Gasteiger partial charge in [-0.05, 0) is 38.0 Å². The lowest BCUT2D eigenvalue weighted by Crippen LogP contribution is -2.48. The highest BCUT2D eigenvalue weighted by molar-refractivity contribution is 7.19. The summed E-state index contributed by atoms with van der Waals surface area (Å²) in [6.07, 6.45) is 5.54. The van der Waals surface area contributed by atoms with E-state index in [1.54, 1.807) is 4.90 Å². The Kier molecular flexibility index (Phi) is 4.62. The van der Waals surface area contributed by atoms with Crippen molar-refractivity contribution in [3.05, 3.63) is 0 Å². The van der Waals surface area contributed by atoms with Crippen LogP contribution in [0.1, 0.15) is 45.4 Å². The lowest BCUT2D eigenvalue weighted by Gasteiger charge is -2.34. The molecule has 1 aromatic rings. The van der Waals surface area contributed by atoms with Gasteiger partial charge >= 0.3 is 0 Å². The van der Waals surface area contributed by atoms with Gasteiger partial charge in [0, 0.05) is 32.6 Å². The summed E-state index contributed by atoms with van der Waals surface area (Å²) in [4.78, 5) is 30.7. The molecule has 1 unspecified atom stereocenters. The first-order valence-electron chi connectivity index (χ1n) is 9.33. The van der Waals surface area contributed by atoms with Crippen molar-refractivity contribution in [3.8, 4) is 0 Å². The van der Waals surface area contributed by atoms with E-state index in [0.717, 1.165) is 63.4 Å². The first-order valence-corrected chi connectivity index (χ1v) is 10.1. The molecular formula is C17H25N5O2S. The van der Waals surface area contributed by atoms with Crippen molar-refractivity contribution in [2.45, 2.75) is 51.5 Å². The molecule has 1 atom stereocenters. The minimum atomic E-state index is -0.122. The number of carbonyl (C=O) groups excluding carboxylic acids is 2. The van der Waals surface area contributed by atoms with E-state index in [-0.39, 0.29) is 17.9 Å². The van der Waals surface area contributed by atoms with E-state index in [0.29, 0.717) is 17.5 Å². The van der Waals surface area contributed by atoms with Crippen molar-refractivity contribution < 1.29 is 9.59 Å². The Bertz CT molecular complexity index is 655. The van der Waals surface area contributed by atoms with E-state index in [9.17, 15) is 9.59 Å². The summed E-state index contributed by atoms with van der Waals surface area (Å²) in [5.74, 6) is 1.07. The largest absolute Gasteiger partial charge is 0.341 e. The number of anilines is 2. The van der Waals surface area contributed by atoms with E-state index >= 15 is 0 Å². The first-order chi connectivity index (χ1) is 12.1. The Morgan fingerprint density at radius 1 is 1.04 bits per heavy atom. The topological polar surface area (TPSA) is 69.6 Å². The molecule has 0 aromatic carbocycles. The Balaban J connectivity index is 1.47. The van der Waals surface area contributed by atoms with Gasteiger partial charge in [0.15, 0.2) is 0 Å². The maximum Gasteiger partial charge on any atom is 0.245 e. The fraction of sp³-hybridized carbons (Fsp3) is 0.765. The number of nitrogens with zero attached hydrogens (tertiary/aromatic N) is 5. The zero-order valence-corrected chi connectivity index (χ0v) is 15.5. The van der Waals surface area contributed by atoms with Crippen LogP contribution in [0.5, 0.6) is 0 Å². The van der Waals surface area contributed by atoms with Crippen LogP contribution >= 0.6 is 11.3 Å². The average molecular weight is 363 g/mol. The molecule has 8 heteroatoms. The molecule has 0 spiro atoms. The number of carbonyl (C=O) groups is 2. The number of rotatable bonds is 3. The normalized spacial score (nSPS) is 25.2. The molecule has 3 saturated heterocycles. The van der Waals surface area contributed by atoms with E-state index in [4.69, 9.17) is 0 Å². The second-order valence-corrected chi connectivity index (χ2v) is 8.31. The van der Waals surface area contributed by atoms with E-state index < -0.39 is 0 Å². The van der Waals surface area contributed by atoms with Crippen molar-refractivity contribution in [1.29, 1.82) is 0 Å². The number of likely N-dealkylation sites (tertiary alicyclic amines) is 1. The van der Waals surface area contributed by atoms with Crippen molar-refractivity contribution in [2.24, 2.45) is 5.92 Å². The van der Waals surface area contributed by atoms with Gasteiger partial charge in [-0.3, -0.25) is 14.5 Å². The third-order valence-corrected chi connectivity index (χ3v) is 6.57. The molecule has 7 nitrogen and oxygen atoms in total. The van der Waals surface area contributed by atoms with Crippen LogP contribution < -0.4 is 9.80 Å². The van der Waals surface area contributed by atoms with Crippen molar-refractivity contribution in [2.75, 3.05) is 36.0 Å². The summed E-state index contributed by atoms with van der Waals surface area (Å²) < 4.78 is 0. The molecule has 0 N–H and O–H groups in total. The van der Waals surface area contributed by atoms with Crippen LogP contribution in [0.3, 0.4) is 0 Å². The molecule has 136 valence electrons. The maximum absolute atomic E-state index is 13.0. The molecule has 2 amide bonds. The third-order valence-electron chi connectivity index (χ3n) is 5.59. The predicted molar refractivity (Wildman–Crippen MR) is 96.8 cm³/mol. The van der Waals surface area contributed by atoms with Crippen LogP contribution in [0, 0.1) is 5.92 Å². The summed E-state index contributed by atoms with van der Waals surface area (Å²) in [7, 11) is 0. The summed E-state index contributed by atoms with van der Waals surface area (Å²) in [6, 6.07) is -0.122. The second-order valence-electron chi connectivity index (χ2n) is 7.38. The monoisotopic (exact) mass is 363 g/mol. The Labute approximate surface area is 152 Å². The van der Waals surface area contributed by atoms with Crippen LogP contribution in [0.15, 0.2) is 0 Å². The summed E-state index contributed by atoms with van der Waals surface area (Å²) in [5.41, 5.74) is 0. The van der Waals surface area contributed by atoms with Crippen LogP contribution in [-0.2, 0) is 9.59 Å². The Hall–Kier alpha value is -1.70. The van der Waals surface area contributed by atoms with E-state index in [1.165, 1.54) is 11.3 Å². The maximum atomic E-state index is 13.0. The average Bonchev–Trinajstić information content (AvgIpc) is 3.34. The zero-order chi connectivity index (χ0) is 17.4.